The van der Waals surface area contributed by atoms with E-state index in [2.05, 4.69) is 10.3 Å². The first kappa shape index (κ1) is 20.7. The molecular formula is C21H21F3N2O3. The summed E-state index contributed by atoms with van der Waals surface area (Å²) in [4.78, 5) is 15.6. The predicted molar refractivity (Wildman–Crippen MR) is 103 cm³/mol. The van der Waals surface area contributed by atoms with Crippen molar-refractivity contribution in [1.82, 2.24) is 10.3 Å². The molecule has 5 nitrogen and oxygen atoms in total. The summed E-state index contributed by atoms with van der Waals surface area (Å²) in [5.41, 5.74) is 0.902. The van der Waals surface area contributed by atoms with Gasteiger partial charge in [-0.15, -0.1) is 0 Å². The van der Waals surface area contributed by atoms with Gasteiger partial charge >= 0.3 is 6.18 Å². The lowest BCUT2D eigenvalue weighted by Crippen LogP contribution is -2.45. The van der Waals surface area contributed by atoms with Gasteiger partial charge in [0.2, 0.25) is 0 Å². The summed E-state index contributed by atoms with van der Waals surface area (Å²) in [6, 6.07) is 11.7. The molecule has 8 heteroatoms. The van der Waals surface area contributed by atoms with Crippen LogP contribution in [0.15, 0.2) is 54.7 Å². The molecule has 29 heavy (non-hydrogen) atoms. The van der Waals surface area contributed by atoms with E-state index in [0.717, 1.165) is 22.5 Å². The number of para-hydroxylation sites is 2. The summed E-state index contributed by atoms with van der Waals surface area (Å²) in [5, 5.41) is 13.3. The first-order valence-corrected chi connectivity index (χ1v) is 9.08. The van der Waals surface area contributed by atoms with Crippen LogP contribution in [0.5, 0.6) is 5.75 Å². The number of aromatic nitrogens is 1. The van der Waals surface area contributed by atoms with Crippen LogP contribution in [0, 0.1) is 0 Å². The fraction of sp³-hybridized carbons (Fsp3) is 0.286. The summed E-state index contributed by atoms with van der Waals surface area (Å²) < 4.78 is 44.5. The van der Waals surface area contributed by atoms with Crippen molar-refractivity contribution in [1.29, 1.82) is 0 Å². The number of hydrogen-bond donors (Lipinski definition) is 3. The Bertz CT molecular complexity index is 984. The number of aromatic amines is 1. The highest BCUT2D eigenvalue weighted by Gasteiger charge is 2.35. The lowest BCUT2D eigenvalue weighted by atomic mass is 10.1. The third-order valence-electron chi connectivity index (χ3n) is 4.57. The van der Waals surface area contributed by atoms with Crippen molar-refractivity contribution in [3.8, 4) is 5.75 Å². The number of alkyl halides is 3. The molecule has 0 saturated carbocycles. The Balaban J connectivity index is 1.67. The first-order chi connectivity index (χ1) is 13.8. The van der Waals surface area contributed by atoms with E-state index >= 15 is 0 Å². The van der Waals surface area contributed by atoms with Crippen LogP contribution in [0.1, 0.15) is 18.1 Å². The van der Waals surface area contributed by atoms with Gasteiger partial charge in [-0.3, -0.25) is 4.79 Å². The third kappa shape index (κ3) is 4.89. The van der Waals surface area contributed by atoms with E-state index in [0.29, 0.717) is 6.42 Å². The maximum atomic E-state index is 13.1. The van der Waals surface area contributed by atoms with Crippen LogP contribution in [-0.4, -0.2) is 34.8 Å². The average Bonchev–Trinajstić information content (AvgIpc) is 3.10. The molecule has 2 aromatic carbocycles. The van der Waals surface area contributed by atoms with Crippen molar-refractivity contribution in [2.24, 2.45) is 0 Å². The van der Waals surface area contributed by atoms with E-state index in [9.17, 15) is 23.1 Å². The van der Waals surface area contributed by atoms with Gasteiger partial charge < -0.3 is 20.1 Å². The van der Waals surface area contributed by atoms with Crippen molar-refractivity contribution in [3.05, 3.63) is 65.9 Å². The van der Waals surface area contributed by atoms with E-state index < -0.39 is 35.5 Å². The molecule has 0 radical (unpaired) electrons. The topological polar surface area (TPSA) is 74.3 Å². The highest BCUT2D eigenvalue weighted by atomic mass is 19.4. The molecule has 154 valence electrons. The molecule has 2 unspecified atom stereocenters. The van der Waals surface area contributed by atoms with Gasteiger partial charge in [-0.2, -0.15) is 13.2 Å². The Morgan fingerprint density at radius 1 is 1.17 bits per heavy atom. The fourth-order valence-electron chi connectivity index (χ4n) is 3.09. The number of H-pyrrole nitrogens is 1. The summed E-state index contributed by atoms with van der Waals surface area (Å²) in [7, 11) is 0. The normalized spacial score (nSPS) is 13.8. The average molecular weight is 406 g/mol. The molecule has 1 heterocycles. The summed E-state index contributed by atoms with van der Waals surface area (Å²) in [6.07, 6.45) is -3.59. The molecule has 1 amide bonds. The quantitative estimate of drug-likeness (QED) is 0.561. The molecule has 0 spiro atoms. The van der Waals surface area contributed by atoms with Crippen LogP contribution in [0.3, 0.4) is 0 Å². The Morgan fingerprint density at radius 3 is 2.59 bits per heavy atom. The number of ether oxygens (including phenoxy) is 1. The lowest BCUT2D eigenvalue weighted by molar-refractivity contribution is -0.140. The summed E-state index contributed by atoms with van der Waals surface area (Å²) >= 11 is 0. The Hall–Kier alpha value is -3.00. The van der Waals surface area contributed by atoms with Gasteiger partial charge in [0.15, 0.2) is 6.10 Å². The summed E-state index contributed by atoms with van der Waals surface area (Å²) in [6.45, 7) is 1.04. The second kappa shape index (κ2) is 8.57. The zero-order valence-corrected chi connectivity index (χ0v) is 15.7. The van der Waals surface area contributed by atoms with Gasteiger partial charge in [-0.25, -0.2) is 0 Å². The fourth-order valence-corrected chi connectivity index (χ4v) is 3.09. The van der Waals surface area contributed by atoms with Gasteiger partial charge in [0, 0.05) is 17.1 Å². The molecule has 3 aromatic rings. The summed E-state index contributed by atoms with van der Waals surface area (Å²) in [5.74, 6) is -1.03. The SMILES string of the molecule is CC(Oc1ccccc1C(F)(F)F)C(=O)NC(CO)Cc1c[nH]c2ccccc12. The molecular weight excluding hydrogens is 385 g/mol. The van der Waals surface area contributed by atoms with Crippen molar-refractivity contribution in [2.45, 2.75) is 31.7 Å². The smallest absolute Gasteiger partial charge is 0.419 e. The van der Waals surface area contributed by atoms with Crippen molar-refractivity contribution < 1.29 is 27.8 Å². The molecule has 1 aromatic heterocycles. The van der Waals surface area contributed by atoms with Crippen LogP contribution in [0.25, 0.3) is 10.9 Å². The van der Waals surface area contributed by atoms with Gasteiger partial charge in [0.05, 0.1) is 18.2 Å². The van der Waals surface area contributed by atoms with Gasteiger partial charge in [0.1, 0.15) is 5.75 Å². The number of aliphatic hydroxyl groups excluding tert-OH is 1. The number of carbonyl (C=O) groups excluding carboxylic acids is 1. The van der Waals surface area contributed by atoms with E-state index in [1.807, 2.05) is 24.3 Å². The van der Waals surface area contributed by atoms with Crippen molar-refractivity contribution in [2.75, 3.05) is 6.61 Å². The molecule has 0 aliphatic carbocycles. The Labute approximate surface area is 165 Å². The number of aliphatic hydroxyl groups is 1. The van der Waals surface area contributed by atoms with E-state index in [1.54, 1.807) is 6.20 Å². The number of nitrogens with one attached hydrogen (secondary N) is 2. The molecule has 0 fully saturated rings. The number of benzene rings is 2. The van der Waals surface area contributed by atoms with Gasteiger partial charge in [-0.05, 0) is 37.1 Å². The van der Waals surface area contributed by atoms with Crippen LogP contribution >= 0.6 is 0 Å². The van der Waals surface area contributed by atoms with Crippen LogP contribution < -0.4 is 10.1 Å². The third-order valence-corrected chi connectivity index (χ3v) is 4.57. The van der Waals surface area contributed by atoms with Crippen molar-refractivity contribution in [3.63, 3.8) is 0 Å². The van der Waals surface area contributed by atoms with Crippen molar-refractivity contribution >= 4 is 16.8 Å². The second-order valence-corrected chi connectivity index (χ2v) is 6.71. The predicted octanol–water partition coefficient (Wildman–Crippen LogP) is 3.67. The second-order valence-electron chi connectivity index (χ2n) is 6.71. The molecule has 0 bridgehead atoms. The van der Waals surface area contributed by atoms with E-state index in [4.69, 9.17) is 4.74 Å². The number of amides is 1. The maximum absolute atomic E-state index is 13.1. The zero-order valence-electron chi connectivity index (χ0n) is 15.7. The van der Waals surface area contributed by atoms with E-state index in [1.165, 1.54) is 25.1 Å². The molecule has 0 aliphatic rings. The molecule has 0 saturated heterocycles. The first-order valence-electron chi connectivity index (χ1n) is 9.08. The Kier molecular flexibility index (Phi) is 6.12. The molecule has 2 atom stereocenters. The maximum Gasteiger partial charge on any atom is 0.419 e. The van der Waals surface area contributed by atoms with Gasteiger partial charge in [-0.1, -0.05) is 30.3 Å². The number of fused-ring (bicyclic) bond motifs is 1. The monoisotopic (exact) mass is 406 g/mol. The molecule has 3 rings (SSSR count). The zero-order chi connectivity index (χ0) is 21.0. The number of halogens is 3. The molecule has 3 N–H and O–H groups in total. The number of rotatable bonds is 7. The lowest BCUT2D eigenvalue weighted by Gasteiger charge is -2.21. The minimum absolute atomic E-state index is 0.322. The Morgan fingerprint density at radius 2 is 1.86 bits per heavy atom. The standard InChI is InChI=1S/C21H21F3N2O3/c1-13(29-19-9-5-3-7-17(19)21(22,23)24)20(28)26-15(12-27)10-14-11-25-18-8-4-2-6-16(14)18/h2-9,11,13,15,25,27H,10,12H2,1H3,(H,26,28). The largest absolute Gasteiger partial charge is 0.480 e. The van der Waals surface area contributed by atoms with Crippen LogP contribution in [-0.2, 0) is 17.4 Å². The number of hydrogen-bond acceptors (Lipinski definition) is 3. The minimum Gasteiger partial charge on any atom is -0.480 e. The highest BCUT2D eigenvalue weighted by molar-refractivity contribution is 5.84. The molecule has 0 aliphatic heterocycles. The van der Waals surface area contributed by atoms with Gasteiger partial charge in [0.25, 0.3) is 5.91 Å². The number of carbonyl (C=O) groups is 1. The van der Waals surface area contributed by atoms with Crippen LogP contribution in [0.4, 0.5) is 13.2 Å². The van der Waals surface area contributed by atoms with Crippen LogP contribution in [0.2, 0.25) is 0 Å². The van der Waals surface area contributed by atoms with E-state index in [-0.39, 0.29) is 6.61 Å². The highest BCUT2D eigenvalue weighted by Crippen LogP contribution is 2.36. The minimum atomic E-state index is -4.59.